The van der Waals surface area contributed by atoms with Crippen LogP contribution in [0.15, 0.2) is 88.7 Å². The molecule has 0 radical (unpaired) electrons. The molecule has 0 saturated heterocycles. The highest BCUT2D eigenvalue weighted by Crippen LogP contribution is 2.21. The zero-order valence-corrected chi connectivity index (χ0v) is 20.4. The van der Waals surface area contributed by atoms with Crippen LogP contribution in [0.1, 0.15) is 37.1 Å². The smallest absolute Gasteiger partial charge is 0.258 e. The molecule has 33 heavy (non-hydrogen) atoms. The van der Waals surface area contributed by atoms with Gasteiger partial charge in [0.1, 0.15) is 5.75 Å². The fourth-order valence-electron chi connectivity index (χ4n) is 3.23. The van der Waals surface area contributed by atoms with Gasteiger partial charge in [-0.25, -0.2) is 13.1 Å². The van der Waals surface area contributed by atoms with E-state index < -0.39 is 10.0 Å². The van der Waals surface area contributed by atoms with E-state index in [1.54, 1.807) is 30.8 Å². The van der Waals surface area contributed by atoms with Crippen molar-refractivity contribution < 1.29 is 17.9 Å². The fourth-order valence-corrected chi connectivity index (χ4v) is 4.87. The largest absolute Gasteiger partial charge is 0.484 e. The number of thioether (sulfide) groups is 1. The summed E-state index contributed by atoms with van der Waals surface area (Å²) in [5.41, 5.74) is 1.88. The van der Waals surface area contributed by atoms with E-state index in [9.17, 15) is 13.2 Å². The molecule has 0 heterocycles. The van der Waals surface area contributed by atoms with Crippen LogP contribution in [-0.2, 0) is 14.8 Å². The number of hydrogen-bond donors (Lipinski definition) is 2. The van der Waals surface area contributed by atoms with Gasteiger partial charge < -0.3 is 10.1 Å². The SMILES string of the molecule is CSc1ccc([C@@H](C)NC(=O)COc2ccc(S(=O)(=O)N[C@H](C)c3ccccc3)cc2)cc1. The molecule has 0 fully saturated rings. The van der Waals surface area contributed by atoms with Gasteiger partial charge in [-0.15, -0.1) is 11.8 Å². The maximum Gasteiger partial charge on any atom is 0.258 e. The van der Waals surface area contributed by atoms with Crippen molar-refractivity contribution in [2.75, 3.05) is 12.9 Å². The number of ether oxygens (including phenoxy) is 1. The Morgan fingerprint density at radius 1 is 0.879 bits per heavy atom. The number of benzene rings is 3. The van der Waals surface area contributed by atoms with E-state index in [4.69, 9.17) is 4.74 Å². The van der Waals surface area contributed by atoms with Crippen molar-refractivity contribution in [2.45, 2.75) is 35.7 Å². The van der Waals surface area contributed by atoms with E-state index in [2.05, 4.69) is 10.0 Å². The molecule has 0 spiro atoms. The number of hydrogen-bond acceptors (Lipinski definition) is 5. The molecule has 3 aromatic carbocycles. The zero-order chi connectivity index (χ0) is 23.8. The van der Waals surface area contributed by atoms with Gasteiger partial charge in [0.25, 0.3) is 5.91 Å². The third kappa shape index (κ3) is 7.08. The lowest BCUT2D eigenvalue weighted by Crippen LogP contribution is -2.31. The lowest BCUT2D eigenvalue weighted by Gasteiger charge is -2.16. The first kappa shape index (κ1) is 24.8. The molecule has 0 aliphatic rings. The van der Waals surface area contributed by atoms with Gasteiger partial charge >= 0.3 is 0 Å². The van der Waals surface area contributed by atoms with Crippen molar-refractivity contribution in [1.29, 1.82) is 0 Å². The number of nitrogens with one attached hydrogen (secondary N) is 2. The molecular weight excluding hydrogens is 456 g/mol. The Morgan fingerprint density at radius 2 is 1.48 bits per heavy atom. The van der Waals surface area contributed by atoms with Crippen LogP contribution in [0.25, 0.3) is 0 Å². The fraction of sp³-hybridized carbons (Fsp3) is 0.240. The van der Waals surface area contributed by atoms with Crippen LogP contribution < -0.4 is 14.8 Å². The average Bonchev–Trinajstić information content (AvgIpc) is 2.83. The van der Waals surface area contributed by atoms with Gasteiger partial charge in [-0.3, -0.25) is 4.79 Å². The van der Waals surface area contributed by atoms with E-state index in [1.165, 1.54) is 12.1 Å². The van der Waals surface area contributed by atoms with Crippen LogP contribution >= 0.6 is 11.8 Å². The molecular formula is C25H28N2O4S2. The highest BCUT2D eigenvalue weighted by Gasteiger charge is 2.18. The van der Waals surface area contributed by atoms with E-state index in [-0.39, 0.29) is 29.5 Å². The summed E-state index contributed by atoms with van der Waals surface area (Å²) < 4.78 is 33.5. The summed E-state index contributed by atoms with van der Waals surface area (Å²) in [7, 11) is -3.69. The Hall–Kier alpha value is -2.81. The van der Waals surface area contributed by atoms with Gasteiger partial charge in [-0.05, 0) is 67.6 Å². The molecule has 6 nitrogen and oxygen atoms in total. The minimum Gasteiger partial charge on any atom is -0.484 e. The predicted octanol–water partition coefficient (Wildman–Crippen LogP) is 4.70. The molecule has 0 aliphatic carbocycles. The Kier molecular flexibility index (Phi) is 8.55. The number of sulfonamides is 1. The number of amides is 1. The Bertz CT molecular complexity index is 1150. The van der Waals surface area contributed by atoms with E-state index in [0.29, 0.717) is 5.75 Å². The average molecular weight is 485 g/mol. The molecule has 0 aromatic heterocycles. The molecule has 1 amide bonds. The normalized spacial score (nSPS) is 13.2. The molecule has 0 aliphatic heterocycles. The van der Waals surface area contributed by atoms with Gasteiger partial charge in [0, 0.05) is 10.9 Å². The summed E-state index contributed by atoms with van der Waals surface area (Å²) in [5.74, 6) is 0.156. The summed E-state index contributed by atoms with van der Waals surface area (Å²) in [6.07, 6.45) is 2.02. The summed E-state index contributed by atoms with van der Waals surface area (Å²) in [5, 5.41) is 2.90. The minimum atomic E-state index is -3.69. The molecule has 2 atom stereocenters. The third-order valence-electron chi connectivity index (χ3n) is 5.13. The molecule has 0 unspecified atom stereocenters. The molecule has 0 bridgehead atoms. The van der Waals surface area contributed by atoms with Crippen molar-refractivity contribution in [3.05, 3.63) is 90.0 Å². The molecule has 3 aromatic rings. The highest BCUT2D eigenvalue weighted by atomic mass is 32.2. The van der Waals surface area contributed by atoms with Crippen LogP contribution in [-0.4, -0.2) is 27.2 Å². The second-order valence-electron chi connectivity index (χ2n) is 7.58. The zero-order valence-electron chi connectivity index (χ0n) is 18.8. The van der Waals surface area contributed by atoms with Crippen molar-refractivity contribution in [3.8, 4) is 5.75 Å². The summed E-state index contributed by atoms with van der Waals surface area (Å²) in [6, 6.07) is 22.9. The lowest BCUT2D eigenvalue weighted by molar-refractivity contribution is -0.123. The predicted molar refractivity (Wildman–Crippen MR) is 132 cm³/mol. The maximum absolute atomic E-state index is 12.7. The summed E-state index contributed by atoms with van der Waals surface area (Å²) >= 11 is 1.66. The second kappa shape index (κ2) is 11.4. The van der Waals surface area contributed by atoms with E-state index in [1.807, 2.05) is 67.8 Å². The number of carbonyl (C=O) groups excluding carboxylic acids is 1. The van der Waals surface area contributed by atoms with Gasteiger partial charge in [-0.2, -0.15) is 0 Å². The third-order valence-corrected chi connectivity index (χ3v) is 7.43. The monoisotopic (exact) mass is 484 g/mol. The van der Waals surface area contributed by atoms with Gasteiger partial charge in [0.15, 0.2) is 6.61 Å². The Morgan fingerprint density at radius 3 is 2.09 bits per heavy atom. The van der Waals surface area contributed by atoms with Crippen LogP contribution in [0.2, 0.25) is 0 Å². The lowest BCUT2D eigenvalue weighted by atomic mass is 10.1. The standard InChI is InChI=1S/C25H28N2O4S2/c1-18(21-9-13-23(32-3)14-10-21)26-25(28)17-31-22-11-15-24(16-12-22)33(29,30)27-19(2)20-7-5-4-6-8-20/h4-16,18-19,27H,17H2,1-3H3,(H,26,28)/t18-,19-/m1/s1. The minimum absolute atomic E-state index is 0.129. The van der Waals surface area contributed by atoms with E-state index >= 15 is 0 Å². The topological polar surface area (TPSA) is 84.5 Å². The number of carbonyl (C=O) groups is 1. The van der Waals surface area contributed by atoms with Crippen molar-refractivity contribution in [2.24, 2.45) is 0 Å². The highest BCUT2D eigenvalue weighted by molar-refractivity contribution is 7.98. The summed E-state index contributed by atoms with van der Waals surface area (Å²) in [4.78, 5) is 13.6. The maximum atomic E-state index is 12.7. The first-order chi connectivity index (χ1) is 15.8. The first-order valence-corrected chi connectivity index (χ1v) is 13.2. The van der Waals surface area contributed by atoms with Crippen LogP contribution in [0.3, 0.4) is 0 Å². The van der Waals surface area contributed by atoms with Crippen molar-refractivity contribution in [3.63, 3.8) is 0 Å². The molecule has 174 valence electrons. The molecule has 0 saturated carbocycles. The van der Waals surface area contributed by atoms with Gasteiger partial charge in [0.2, 0.25) is 10.0 Å². The van der Waals surface area contributed by atoms with Crippen LogP contribution in [0.5, 0.6) is 5.75 Å². The Balaban J connectivity index is 1.52. The van der Waals surface area contributed by atoms with Crippen molar-refractivity contribution >= 4 is 27.7 Å². The Labute approximate surface area is 199 Å². The van der Waals surface area contributed by atoms with Gasteiger partial charge in [0.05, 0.1) is 10.9 Å². The van der Waals surface area contributed by atoms with Crippen LogP contribution in [0.4, 0.5) is 0 Å². The number of rotatable bonds is 10. The van der Waals surface area contributed by atoms with Gasteiger partial charge in [-0.1, -0.05) is 42.5 Å². The second-order valence-corrected chi connectivity index (χ2v) is 10.2. The summed E-state index contributed by atoms with van der Waals surface area (Å²) in [6.45, 7) is 3.54. The van der Waals surface area contributed by atoms with Crippen LogP contribution in [0, 0.1) is 0 Å². The first-order valence-electron chi connectivity index (χ1n) is 10.5. The quantitative estimate of drug-likeness (QED) is 0.407. The molecule has 2 N–H and O–H groups in total. The van der Waals surface area contributed by atoms with E-state index in [0.717, 1.165) is 16.0 Å². The molecule has 3 rings (SSSR count). The molecule has 8 heteroatoms. The van der Waals surface area contributed by atoms with Crippen molar-refractivity contribution in [1.82, 2.24) is 10.0 Å².